The Labute approximate surface area is 169 Å². The number of nitrogens with zero attached hydrogens (tertiary/aromatic N) is 3. The monoisotopic (exact) mass is 416 g/mol. The third-order valence-electron chi connectivity index (χ3n) is 5.65. The van der Waals surface area contributed by atoms with E-state index in [2.05, 4.69) is 9.97 Å². The molecule has 1 amide bonds. The summed E-state index contributed by atoms with van der Waals surface area (Å²) in [5, 5.41) is 0. The molecule has 0 spiro atoms. The van der Waals surface area contributed by atoms with Crippen LogP contribution >= 0.6 is 0 Å². The lowest BCUT2D eigenvalue weighted by Crippen LogP contribution is -2.40. The van der Waals surface area contributed by atoms with E-state index in [9.17, 15) is 18.0 Å². The quantitative estimate of drug-likeness (QED) is 0.814. The van der Waals surface area contributed by atoms with Gasteiger partial charge in [-0.2, -0.15) is 4.31 Å². The molecule has 0 aliphatic carbocycles. The molecule has 1 N–H and O–H groups in total. The molecule has 9 heteroatoms. The van der Waals surface area contributed by atoms with Crippen molar-refractivity contribution >= 4 is 15.9 Å². The van der Waals surface area contributed by atoms with Crippen molar-refractivity contribution in [2.45, 2.75) is 38.8 Å². The van der Waals surface area contributed by atoms with E-state index in [0.29, 0.717) is 42.0 Å². The Hall–Kier alpha value is -2.52. The second kappa shape index (κ2) is 7.38. The van der Waals surface area contributed by atoms with Gasteiger partial charge in [0, 0.05) is 24.2 Å². The molecular weight excluding hydrogens is 392 g/mol. The molecule has 0 unspecified atom stereocenters. The molecule has 29 heavy (non-hydrogen) atoms. The molecule has 0 saturated carbocycles. The summed E-state index contributed by atoms with van der Waals surface area (Å²) in [7, 11) is -3.36. The van der Waals surface area contributed by atoms with Crippen molar-refractivity contribution in [3.8, 4) is 0 Å². The minimum absolute atomic E-state index is 0.0870. The summed E-state index contributed by atoms with van der Waals surface area (Å²) >= 11 is 0. The van der Waals surface area contributed by atoms with Crippen molar-refractivity contribution in [1.29, 1.82) is 0 Å². The number of aromatic nitrogens is 2. The third kappa shape index (κ3) is 3.84. The number of aryl methyl sites for hydroxylation is 1. The largest absolute Gasteiger partial charge is 0.328 e. The van der Waals surface area contributed by atoms with Crippen molar-refractivity contribution in [2.24, 2.45) is 0 Å². The number of aromatic amines is 1. The molecule has 8 nitrogen and oxygen atoms in total. The van der Waals surface area contributed by atoms with Gasteiger partial charge in [-0.1, -0.05) is 17.7 Å². The van der Waals surface area contributed by atoms with Gasteiger partial charge in [0.05, 0.1) is 24.5 Å². The summed E-state index contributed by atoms with van der Waals surface area (Å²) in [5.74, 6) is 0.340. The lowest BCUT2D eigenvalue weighted by molar-refractivity contribution is 0.0729. The number of hydrogen-bond donors (Lipinski definition) is 1. The number of carbonyl (C=O) groups is 1. The number of rotatable bonds is 3. The number of hydrogen-bond acceptors (Lipinski definition) is 5. The first-order valence-corrected chi connectivity index (χ1v) is 11.5. The van der Waals surface area contributed by atoms with Crippen LogP contribution in [-0.2, 0) is 23.0 Å². The highest BCUT2D eigenvalue weighted by Crippen LogP contribution is 2.31. The van der Waals surface area contributed by atoms with Gasteiger partial charge in [0.25, 0.3) is 11.5 Å². The number of fused-ring (bicyclic) bond motifs is 1. The van der Waals surface area contributed by atoms with Crippen LogP contribution in [0.4, 0.5) is 0 Å². The van der Waals surface area contributed by atoms with Gasteiger partial charge in [-0.3, -0.25) is 9.59 Å². The minimum Gasteiger partial charge on any atom is -0.328 e. The van der Waals surface area contributed by atoms with E-state index in [4.69, 9.17) is 0 Å². The number of H-pyrrole nitrogens is 1. The second-order valence-corrected chi connectivity index (χ2v) is 9.73. The lowest BCUT2D eigenvalue weighted by Gasteiger charge is -2.28. The molecule has 1 atom stereocenters. The maximum absolute atomic E-state index is 13.0. The van der Waals surface area contributed by atoms with Crippen LogP contribution in [0.15, 0.2) is 29.1 Å². The Morgan fingerprint density at radius 3 is 2.62 bits per heavy atom. The molecule has 2 aliphatic rings. The van der Waals surface area contributed by atoms with Gasteiger partial charge in [-0.05, 0) is 38.3 Å². The molecular formula is C20H24N4O4S. The first-order valence-electron chi connectivity index (χ1n) is 9.69. The molecule has 0 bridgehead atoms. The minimum atomic E-state index is -3.36. The Morgan fingerprint density at radius 1 is 1.21 bits per heavy atom. The van der Waals surface area contributed by atoms with Crippen molar-refractivity contribution in [1.82, 2.24) is 19.2 Å². The van der Waals surface area contributed by atoms with Gasteiger partial charge in [-0.25, -0.2) is 13.4 Å². The number of benzene rings is 1. The zero-order valence-corrected chi connectivity index (χ0v) is 17.3. The summed E-state index contributed by atoms with van der Waals surface area (Å²) < 4.78 is 25.1. The average Bonchev–Trinajstić information content (AvgIpc) is 3.16. The molecule has 4 rings (SSSR count). The van der Waals surface area contributed by atoms with E-state index in [1.165, 1.54) is 4.31 Å². The van der Waals surface area contributed by atoms with Crippen molar-refractivity contribution in [2.75, 3.05) is 19.3 Å². The fourth-order valence-corrected chi connectivity index (χ4v) is 4.81. The summed E-state index contributed by atoms with van der Waals surface area (Å²) in [5.41, 5.74) is 2.45. The molecule has 1 fully saturated rings. The molecule has 3 heterocycles. The molecule has 1 aromatic heterocycles. The molecule has 1 saturated heterocycles. The summed E-state index contributed by atoms with van der Waals surface area (Å²) in [6.07, 6.45) is 3.01. The zero-order valence-electron chi connectivity index (χ0n) is 16.5. The lowest BCUT2D eigenvalue weighted by atomic mass is 10.1. The van der Waals surface area contributed by atoms with Crippen LogP contribution in [0.1, 0.15) is 51.9 Å². The molecule has 1 aromatic carbocycles. The fourth-order valence-electron chi connectivity index (χ4n) is 4.03. The Balaban J connectivity index is 1.66. The van der Waals surface area contributed by atoms with E-state index in [0.717, 1.165) is 18.2 Å². The van der Waals surface area contributed by atoms with Crippen LogP contribution in [-0.4, -0.2) is 52.8 Å². The maximum Gasteiger partial charge on any atom is 0.254 e. The fraction of sp³-hybridized carbons (Fsp3) is 0.450. The van der Waals surface area contributed by atoms with Crippen LogP contribution in [0.25, 0.3) is 0 Å². The van der Waals surface area contributed by atoms with Gasteiger partial charge in [0.15, 0.2) is 0 Å². The topological polar surface area (TPSA) is 103 Å². The van der Waals surface area contributed by atoms with Crippen LogP contribution in [0.5, 0.6) is 0 Å². The predicted octanol–water partition coefficient (Wildman–Crippen LogP) is 1.37. The Bertz CT molecular complexity index is 1110. The highest BCUT2D eigenvalue weighted by atomic mass is 32.2. The summed E-state index contributed by atoms with van der Waals surface area (Å²) in [6, 6.07) is 7.09. The third-order valence-corrected chi connectivity index (χ3v) is 6.90. The Morgan fingerprint density at radius 2 is 1.93 bits per heavy atom. The molecule has 2 aromatic rings. The standard InChI is InChI=1S/C20H24N4O4S/c1-13-5-7-14(8-6-13)20(26)24-10-3-4-17(24)18-21-16-12-23(29(2,27)28)11-9-15(16)19(25)22-18/h5-8,17H,3-4,9-12H2,1-2H3,(H,21,22,25)/t17-/m1/s1. The highest BCUT2D eigenvalue weighted by molar-refractivity contribution is 7.88. The molecule has 0 radical (unpaired) electrons. The molecule has 154 valence electrons. The van der Waals surface area contributed by atoms with E-state index < -0.39 is 10.0 Å². The smallest absolute Gasteiger partial charge is 0.254 e. The number of sulfonamides is 1. The number of likely N-dealkylation sites (tertiary alicyclic amines) is 1. The van der Waals surface area contributed by atoms with Crippen molar-refractivity contribution in [3.05, 3.63) is 62.8 Å². The average molecular weight is 417 g/mol. The van der Waals surface area contributed by atoms with Crippen LogP contribution in [0, 0.1) is 6.92 Å². The maximum atomic E-state index is 13.0. The van der Waals surface area contributed by atoms with Crippen molar-refractivity contribution in [3.63, 3.8) is 0 Å². The van der Waals surface area contributed by atoms with Gasteiger partial charge in [-0.15, -0.1) is 0 Å². The van der Waals surface area contributed by atoms with E-state index in [1.54, 1.807) is 17.0 Å². The van der Waals surface area contributed by atoms with E-state index in [-0.39, 0.29) is 30.6 Å². The Kier molecular flexibility index (Phi) is 5.04. The van der Waals surface area contributed by atoms with Crippen LogP contribution < -0.4 is 5.56 Å². The number of carbonyl (C=O) groups excluding carboxylic acids is 1. The van der Waals surface area contributed by atoms with Crippen LogP contribution in [0.3, 0.4) is 0 Å². The highest BCUT2D eigenvalue weighted by Gasteiger charge is 2.34. The van der Waals surface area contributed by atoms with Gasteiger partial charge < -0.3 is 9.88 Å². The first-order chi connectivity index (χ1) is 13.7. The number of nitrogens with one attached hydrogen (secondary N) is 1. The SMILES string of the molecule is Cc1ccc(C(=O)N2CCC[C@@H]2c2nc3c(c(=O)[nH]2)CCN(S(C)(=O)=O)C3)cc1. The van der Waals surface area contributed by atoms with Crippen LogP contribution in [0.2, 0.25) is 0 Å². The number of amides is 1. The first kappa shape index (κ1) is 19.8. The summed E-state index contributed by atoms with van der Waals surface area (Å²) in [4.78, 5) is 34.8. The van der Waals surface area contributed by atoms with E-state index in [1.807, 2.05) is 19.1 Å². The van der Waals surface area contributed by atoms with Crippen molar-refractivity contribution < 1.29 is 13.2 Å². The van der Waals surface area contributed by atoms with Gasteiger partial charge in [0.2, 0.25) is 10.0 Å². The molecule has 2 aliphatic heterocycles. The second-order valence-electron chi connectivity index (χ2n) is 7.75. The summed E-state index contributed by atoms with van der Waals surface area (Å²) in [6.45, 7) is 2.92. The normalized spacial score (nSPS) is 19.9. The predicted molar refractivity (Wildman–Crippen MR) is 108 cm³/mol. The zero-order chi connectivity index (χ0) is 20.8. The van der Waals surface area contributed by atoms with Gasteiger partial charge >= 0.3 is 0 Å². The van der Waals surface area contributed by atoms with E-state index >= 15 is 0 Å². The van der Waals surface area contributed by atoms with Gasteiger partial charge in [0.1, 0.15) is 5.82 Å².